The van der Waals surface area contributed by atoms with Crippen LogP contribution >= 0.6 is 38.5 Å². The fourth-order valence-corrected chi connectivity index (χ4v) is 3.68. The number of amides is 1. The second-order valence-electron chi connectivity index (χ2n) is 6.69. The van der Waals surface area contributed by atoms with Crippen molar-refractivity contribution in [2.75, 3.05) is 6.54 Å². The number of benzene rings is 1. The maximum absolute atomic E-state index is 14.6. The zero-order valence-electron chi connectivity index (χ0n) is 15.1. The molecular weight excluding hydrogens is 650 g/mol. The minimum Gasteiger partial charge on any atom is -0.352 e. The molecular formula is C17H10BrF11INO. The Morgan fingerprint density at radius 1 is 0.812 bits per heavy atom. The first-order chi connectivity index (χ1) is 14.3. The molecule has 0 aliphatic heterocycles. The third-order valence-electron chi connectivity index (χ3n) is 4.60. The van der Waals surface area contributed by atoms with E-state index < -0.39 is 63.8 Å². The van der Waals surface area contributed by atoms with Gasteiger partial charge in [0.15, 0.2) is 0 Å². The molecule has 0 heterocycles. The fraction of sp³-hybridized carbons (Fsp3) is 0.471. The molecule has 32 heavy (non-hydrogen) atoms. The summed E-state index contributed by atoms with van der Waals surface area (Å²) in [5.41, 5.74) is -6.07. The molecule has 0 saturated heterocycles. The minimum atomic E-state index is -7.25. The average Bonchev–Trinajstić information content (AvgIpc) is 2.66. The van der Waals surface area contributed by atoms with Crippen molar-refractivity contribution in [3.05, 3.63) is 44.0 Å². The second-order valence-corrected chi connectivity index (χ2v) is 8.99. The Labute approximate surface area is 194 Å². The van der Waals surface area contributed by atoms with Gasteiger partial charge >= 0.3 is 29.6 Å². The normalized spacial score (nSPS) is 24.6. The van der Waals surface area contributed by atoms with E-state index in [9.17, 15) is 53.1 Å². The van der Waals surface area contributed by atoms with Gasteiger partial charge in [-0.15, -0.1) is 0 Å². The molecule has 1 aromatic rings. The Balaban J connectivity index is 2.31. The van der Waals surface area contributed by atoms with Gasteiger partial charge < -0.3 is 5.32 Å². The molecule has 15 heteroatoms. The van der Waals surface area contributed by atoms with Crippen LogP contribution < -0.4 is 5.32 Å². The van der Waals surface area contributed by atoms with Crippen LogP contribution in [0.2, 0.25) is 0 Å². The third kappa shape index (κ3) is 3.70. The lowest BCUT2D eigenvalue weighted by atomic mass is 9.72. The molecule has 0 atom stereocenters. The van der Waals surface area contributed by atoms with Crippen molar-refractivity contribution >= 4 is 44.4 Å². The molecule has 1 saturated carbocycles. The first kappa shape index (κ1) is 27.1. The van der Waals surface area contributed by atoms with Crippen molar-refractivity contribution in [2.24, 2.45) is 0 Å². The monoisotopic (exact) mass is 659 g/mol. The maximum atomic E-state index is 14.6. The number of nitrogens with one attached hydrogen (secondary N) is 1. The van der Waals surface area contributed by atoms with E-state index in [0.717, 1.165) is 22.6 Å². The van der Waals surface area contributed by atoms with Gasteiger partial charge in [0.1, 0.15) is 0 Å². The number of carbonyl (C=O) groups is 1. The SMILES string of the molecule is O=C(NCCC(I)=CC1(F)C(F)(F)C(F)(F)C(F)(F)C(F)(F)C1(F)F)c1ccc(Br)cc1. The van der Waals surface area contributed by atoms with Crippen LogP contribution in [0.3, 0.4) is 0 Å². The van der Waals surface area contributed by atoms with E-state index >= 15 is 0 Å². The van der Waals surface area contributed by atoms with Crippen molar-refractivity contribution < 1.29 is 53.1 Å². The first-order valence-electron chi connectivity index (χ1n) is 8.27. The van der Waals surface area contributed by atoms with Crippen LogP contribution in [0.25, 0.3) is 0 Å². The van der Waals surface area contributed by atoms with Crippen molar-refractivity contribution in [1.29, 1.82) is 0 Å². The molecule has 0 bridgehead atoms. The van der Waals surface area contributed by atoms with Crippen LogP contribution in [0, 0.1) is 0 Å². The number of hydrogen-bond acceptors (Lipinski definition) is 1. The molecule has 2 rings (SSSR count). The molecule has 0 unspecified atom stereocenters. The fourth-order valence-electron chi connectivity index (χ4n) is 2.71. The van der Waals surface area contributed by atoms with Crippen molar-refractivity contribution in [3.63, 3.8) is 0 Å². The van der Waals surface area contributed by atoms with E-state index in [1.54, 1.807) is 0 Å². The van der Waals surface area contributed by atoms with E-state index in [1.165, 1.54) is 24.3 Å². The summed E-state index contributed by atoms with van der Waals surface area (Å²) < 4.78 is 150. The Morgan fingerprint density at radius 3 is 1.66 bits per heavy atom. The zero-order chi connectivity index (χ0) is 25.0. The lowest BCUT2D eigenvalue weighted by Crippen LogP contribution is -2.83. The maximum Gasteiger partial charge on any atom is 0.384 e. The van der Waals surface area contributed by atoms with Crippen molar-refractivity contribution in [2.45, 2.75) is 41.7 Å². The molecule has 180 valence electrons. The Kier molecular flexibility index (Phi) is 7.01. The molecule has 1 amide bonds. The minimum absolute atomic E-state index is 0.0982. The van der Waals surface area contributed by atoms with Crippen LogP contribution in [0.4, 0.5) is 48.3 Å². The van der Waals surface area contributed by atoms with Gasteiger partial charge in [0.05, 0.1) is 0 Å². The summed E-state index contributed by atoms with van der Waals surface area (Å²) in [5, 5.41) is 2.17. The third-order valence-corrected chi connectivity index (χ3v) is 5.98. The number of alkyl halides is 11. The number of carbonyl (C=O) groups excluding carboxylic acids is 1. The number of hydrogen-bond donors (Lipinski definition) is 1. The summed E-state index contributed by atoms with van der Waals surface area (Å²) in [4.78, 5) is 11.9. The van der Waals surface area contributed by atoms with Crippen molar-refractivity contribution in [3.8, 4) is 0 Å². The molecule has 1 aromatic carbocycles. The van der Waals surface area contributed by atoms with E-state index in [1.807, 2.05) is 0 Å². The van der Waals surface area contributed by atoms with Crippen LogP contribution in [0.1, 0.15) is 16.8 Å². The molecule has 1 aliphatic carbocycles. The summed E-state index contributed by atoms with van der Waals surface area (Å²) in [6.07, 6.45) is -1.68. The van der Waals surface area contributed by atoms with E-state index in [-0.39, 0.29) is 5.56 Å². The van der Waals surface area contributed by atoms with Gasteiger partial charge in [0, 0.05) is 16.6 Å². The van der Waals surface area contributed by atoms with Gasteiger partial charge in [-0.05, 0) is 62.9 Å². The molecule has 2 nitrogen and oxygen atoms in total. The molecule has 1 aliphatic rings. The predicted octanol–water partition coefficient (Wildman–Crippen LogP) is 6.79. The summed E-state index contributed by atoms with van der Waals surface area (Å²) in [6.45, 7) is -0.542. The van der Waals surface area contributed by atoms with Crippen LogP contribution in [0.15, 0.2) is 38.4 Å². The summed E-state index contributed by atoms with van der Waals surface area (Å²) >= 11 is 4.01. The van der Waals surface area contributed by atoms with E-state index in [2.05, 4.69) is 21.2 Å². The predicted molar refractivity (Wildman–Crippen MR) is 102 cm³/mol. The molecule has 0 radical (unpaired) electrons. The second kappa shape index (κ2) is 8.27. The van der Waals surface area contributed by atoms with E-state index in [4.69, 9.17) is 0 Å². The highest BCUT2D eigenvalue weighted by atomic mass is 127. The van der Waals surface area contributed by atoms with Crippen LogP contribution in [-0.4, -0.2) is 47.7 Å². The largest absolute Gasteiger partial charge is 0.384 e. The quantitative estimate of drug-likeness (QED) is 0.274. The topological polar surface area (TPSA) is 29.1 Å². The van der Waals surface area contributed by atoms with Crippen LogP contribution in [-0.2, 0) is 0 Å². The average molecular weight is 660 g/mol. The summed E-state index contributed by atoms with van der Waals surface area (Å²) in [5.74, 6) is -36.1. The van der Waals surface area contributed by atoms with Gasteiger partial charge in [-0.3, -0.25) is 4.79 Å². The van der Waals surface area contributed by atoms with Gasteiger partial charge in [-0.1, -0.05) is 15.9 Å². The zero-order valence-corrected chi connectivity index (χ0v) is 18.9. The Morgan fingerprint density at radius 2 is 1.22 bits per heavy atom. The van der Waals surface area contributed by atoms with Gasteiger partial charge in [0.2, 0.25) is 0 Å². The summed E-state index contributed by atoms with van der Waals surface area (Å²) in [7, 11) is 0. The Hall–Kier alpha value is -1.13. The standard InChI is InChI=1S/C17H10BrF11INO/c18-9-3-1-8(2-4-9)11(32)31-6-5-10(30)7-12(19)13(20,21)15(24,25)17(28,29)16(26,27)14(12,22)23/h1-4,7H,5-6H2,(H,31,32). The highest BCUT2D eigenvalue weighted by molar-refractivity contribution is 14.1. The number of rotatable bonds is 5. The molecule has 1 N–H and O–H groups in total. The van der Waals surface area contributed by atoms with E-state index in [0.29, 0.717) is 4.47 Å². The molecule has 0 aromatic heterocycles. The van der Waals surface area contributed by atoms with Crippen molar-refractivity contribution in [1.82, 2.24) is 5.32 Å². The van der Waals surface area contributed by atoms with Crippen LogP contribution in [0.5, 0.6) is 0 Å². The summed E-state index contributed by atoms with van der Waals surface area (Å²) in [6, 6.07) is 5.66. The molecule has 1 fully saturated rings. The lowest BCUT2D eigenvalue weighted by molar-refractivity contribution is -0.476. The highest BCUT2D eigenvalue weighted by Gasteiger charge is 3.00. The number of allylic oxidation sites excluding steroid dienone is 1. The van der Waals surface area contributed by atoms with Gasteiger partial charge in [-0.2, -0.15) is 43.9 Å². The first-order valence-corrected chi connectivity index (χ1v) is 10.1. The Bertz CT molecular complexity index is 888. The van der Waals surface area contributed by atoms with Gasteiger partial charge in [0.25, 0.3) is 11.6 Å². The van der Waals surface area contributed by atoms with Gasteiger partial charge in [-0.25, -0.2) is 4.39 Å². The smallest absolute Gasteiger partial charge is 0.352 e. The lowest BCUT2D eigenvalue weighted by Gasteiger charge is -2.51. The molecule has 0 spiro atoms. The highest BCUT2D eigenvalue weighted by Crippen LogP contribution is 2.69. The number of halogens is 13.